The number of fused-ring (bicyclic) bond motifs is 1. The van der Waals surface area contributed by atoms with Crippen molar-refractivity contribution >= 4 is 17.6 Å². The molecule has 2 aliphatic heterocycles. The van der Waals surface area contributed by atoms with E-state index in [4.69, 9.17) is 4.52 Å². The molecule has 0 aromatic carbocycles. The van der Waals surface area contributed by atoms with Crippen LogP contribution in [0.1, 0.15) is 45.0 Å². The predicted molar refractivity (Wildman–Crippen MR) is 94.0 cm³/mol. The van der Waals surface area contributed by atoms with Gasteiger partial charge in [-0.2, -0.15) is 0 Å². The van der Waals surface area contributed by atoms with Crippen LogP contribution in [-0.2, 0) is 0 Å². The number of carbonyl (C=O) groups excluding carboxylic acids is 2. The number of pyridine rings is 1. The van der Waals surface area contributed by atoms with E-state index in [1.807, 2.05) is 11.9 Å². The molecular formula is C18H21N5O3. The summed E-state index contributed by atoms with van der Waals surface area (Å²) >= 11 is 0. The maximum Gasteiger partial charge on any atom is 0.259 e. The zero-order chi connectivity index (χ0) is 18.5. The number of hydrogen-bond donors (Lipinski definition) is 1. The average molecular weight is 355 g/mol. The van der Waals surface area contributed by atoms with Crippen LogP contribution in [0.5, 0.6) is 0 Å². The topological polar surface area (TPSA) is 91.6 Å². The number of piperidine rings is 1. The number of likely N-dealkylation sites (tertiary alicyclic amines) is 1. The smallest absolute Gasteiger partial charge is 0.259 e. The summed E-state index contributed by atoms with van der Waals surface area (Å²) in [5.41, 5.74) is 1.20. The first-order valence-electron chi connectivity index (χ1n) is 8.66. The molecule has 4 rings (SSSR count). The van der Waals surface area contributed by atoms with E-state index in [1.54, 1.807) is 37.1 Å². The molecule has 26 heavy (non-hydrogen) atoms. The standard InChI is InChI=1S/C18H21N5O3/c1-11-14(12(2)26-21-11)17(25)23-9-6-18(7-10-23)20-16(24)13-5-4-8-19-15(13)22(18)3/h4-5,8H,6-7,9-10H2,1-3H3,(H,20,24). The second kappa shape index (κ2) is 5.82. The molecular weight excluding hydrogens is 334 g/mol. The number of anilines is 1. The van der Waals surface area contributed by atoms with E-state index < -0.39 is 5.66 Å². The molecule has 2 aromatic rings. The zero-order valence-corrected chi connectivity index (χ0v) is 15.1. The van der Waals surface area contributed by atoms with Crippen molar-refractivity contribution in [2.45, 2.75) is 32.4 Å². The molecule has 1 fully saturated rings. The lowest BCUT2D eigenvalue weighted by Crippen LogP contribution is -2.67. The molecule has 0 unspecified atom stereocenters. The van der Waals surface area contributed by atoms with Gasteiger partial charge >= 0.3 is 0 Å². The Morgan fingerprint density at radius 1 is 1.31 bits per heavy atom. The van der Waals surface area contributed by atoms with E-state index in [9.17, 15) is 9.59 Å². The Morgan fingerprint density at radius 3 is 2.69 bits per heavy atom. The van der Waals surface area contributed by atoms with Crippen LogP contribution in [0, 0.1) is 13.8 Å². The van der Waals surface area contributed by atoms with Crippen molar-refractivity contribution in [3.05, 3.63) is 40.9 Å². The van der Waals surface area contributed by atoms with Crippen LogP contribution in [-0.4, -0.2) is 52.7 Å². The number of nitrogens with one attached hydrogen (secondary N) is 1. The fraction of sp³-hybridized carbons (Fsp3) is 0.444. The Bertz CT molecular complexity index is 863. The second-order valence-electron chi connectivity index (χ2n) is 6.91. The molecule has 0 bridgehead atoms. The summed E-state index contributed by atoms with van der Waals surface area (Å²) in [6.07, 6.45) is 2.94. The van der Waals surface area contributed by atoms with Crippen LogP contribution in [0.25, 0.3) is 0 Å². The van der Waals surface area contributed by atoms with Crippen molar-refractivity contribution in [3.8, 4) is 0 Å². The predicted octanol–water partition coefficient (Wildman–Crippen LogP) is 1.50. The SMILES string of the molecule is Cc1noc(C)c1C(=O)N1CCC2(CC1)NC(=O)c1cccnc1N2C. The number of amides is 2. The minimum Gasteiger partial charge on any atom is -0.361 e. The Morgan fingerprint density at radius 2 is 2.04 bits per heavy atom. The van der Waals surface area contributed by atoms with Gasteiger partial charge in [0.15, 0.2) is 0 Å². The fourth-order valence-corrected chi connectivity index (χ4v) is 3.89. The second-order valence-corrected chi connectivity index (χ2v) is 6.91. The highest BCUT2D eigenvalue weighted by Gasteiger charge is 2.45. The maximum atomic E-state index is 12.8. The van der Waals surface area contributed by atoms with Gasteiger partial charge in [0.25, 0.3) is 11.8 Å². The molecule has 2 amide bonds. The van der Waals surface area contributed by atoms with E-state index >= 15 is 0 Å². The van der Waals surface area contributed by atoms with Crippen molar-refractivity contribution < 1.29 is 14.1 Å². The van der Waals surface area contributed by atoms with Gasteiger partial charge in [0.2, 0.25) is 0 Å². The molecule has 0 aliphatic carbocycles. The van der Waals surface area contributed by atoms with E-state index in [0.29, 0.717) is 54.3 Å². The van der Waals surface area contributed by atoms with Gasteiger partial charge in [-0.25, -0.2) is 4.98 Å². The summed E-state index contributed by atoms with van der Waals surface area (Å²) in [5, 5.41) is 7.00. The van der Waals surface area contributed by atoms with Crippen molar-refractivity contribution in [2.24, 2.45) is 0 Å². The molecule has 1 spiro atoms. The largest absolute Gasteiger partial charge is 0.361 e. The highest BCUT2D eigenvalue weighted by atomic mass is 16.5. The summed E-state index contributed by atoms with van der Waals surface area (Å²) in [6.45, 7) is 4.59. The van der Waals surface area contributed by atoms with E-state index in [-0.39, 0.29) is 11.8 Å². The normalized spacial score (nSPS) is 18.7. The van der Waals surface area contributed by atoms with Crippen LogP contribution in [0.3, 0.4) is 0 Å². The molecule has 1 saturated heterocycles. The van der Waals surface area contributed by atoms with Crippen molar-refractivity contribution in [1.29, 1.82) is 0 Å². The summed E-state index contributed by atoms with van der Waals surface area (Å²) < 4.78 is 5.12. The van der Waals surface area contributed by atoms with Gasteiger partial charge in [0, 0.05) is 39.2 Å². The maximum absolute atomic E-state index is 12.8. The number of aryl methyl sites for hydroxylation is 2. The van der Waals surface area contributed by atoms with Gasteiger partial charge in [0.1, 0.15) is 22.8 Å². The number of hydrogen-bond acceptors (Lipinski definition) is 6. The van der Waals surface area contributed by atoms with Gasteiger partial charge < -0.3 is 19.6 Å². The third kappa shape index (κ3) is 2.36. The summed E-state index contributed by atoms with van der Waals surface area (Å²) in [6, 6.07) is 3.53. The van der Waals surface area contributed by atoms with E-state index in [0.717, 1.165) is 0 Å². The quantitative estimate of drug-likeness (QED) is 0.833. The van der Waals surface area contributed by atoms with Crippen LogP contribution in [0.2, 0.25) is 0 Å². The monoisotopic (exact) mass is 355 g/mol. The van der Waals surface area contributed by atoms with Crippen molar-refractivity contribution in [2.75, 3.05) is 25.0 Å². The molecule has 2 aromatic heterocycles. The van der Waals surface area contributed by atoms with Crippen LogP contribution in [0.4, 0.5) is 5.82 Å². The third-order valence-corrected chi connectivity index (χ3v) is 5.46. The van der Waals surface area contributed by atoms with Crippen LogP contribution in [0.15, 0.2) is 22.9 Å². The molecule has 136 valence electrons. The molecule has 2 aliphatic rings. The average Bonchev–Trinajstić information content (AvgIpc) is 2.98. The van der Waals surface area contributed by atoms with Gasteiger partial charge in [-0.05, 0) is 26.0 Å². The molecule has 8 heteroatoms. The van der Waals surface area contributed by atoms with Crippen molar-refractivity contribution in [3.63, 3.8) is 0 Å². The molecule has 0 saturated carbocycles. The van der Waals surface area contributed by atoms with E-state index in [2.05, 4.69) is 15.5 Å². The fourth-order valence-electron chi connectivity index (χ4n) is 3.89. The lowest BCUT2D eigenvalue weighted by atomic mass is 9.91. The first-order chi connectivity index (χ1) is 12.4. The molecule has 0 radical (unpaired) electrons. The van der Waals surface area contributed by atoms with Crippen LogP contribution >= 0.6 is 0 Å². The first-order valence-corrected chi connectivity index (χ1v) is 8.66. The number of aromatic nitrogens is 2. The Kier molecular flexibility index (Phi) is 3.71. The molecule has 8 nitrogen and oxygen atoms in total. The van der Waals surface area contributed by atoms with Gasteiger partial charge in [0.05, 0.1) is 11.3 Å². The van der Waals surface area contributed by atoms with Gasteiger partial charge in [-0.1, -0.05) is 5.16 Å². The number of rotatable bonds is 1. The van der Waals surface area contributed by atoms with Crippen molar-refractivity contribution in [1.82, 2.24) is 20.4 Å². The van der Waals surface area contributed by atoms with Gasteiger partial charge in [-0.3, -0.25) is 9.59 Å². The molecule has 4 heterocycles. The molecule has 0 atom stereocenters. The summed E-state index contributed by atoms with van der Waals surface area (Å²) in [4.78, 5) is 33.6. The van der Waals surface area contributed by atoms with Crippen LogP contribution < -0.4 is 10.2 Å². The number of carbonyl (C=O) groups is 2. The zero-order valence-electron chi connectivity index (χ0n) is 15.1. The minimum absolute atomic E-state index is 0.0700. The Hall–Kier alpha value is -2.90. The summed E-state index contributed by atoms with van der Waals surface area (Å²) in [5.74, 6) is 1.03. The minimum atomic E-state index is -0.520. The molecule has 1 N–H and O–H groups in total. The highest BCUT2D eigenvalue weighted by Crippen LogP contribution is 2.35. The first kappa shape index (κ1) is 16.6. The number of nitrogens with zero attached hydrogens (tertiary/aromatic N) is 4. The van der Waals surface area contributed by atoms with Gasteiger partial charge in [-0.15, -0.1) is 0 Å². The highest BCUT2D eigenvalue weighted by molar-refractivity contribution is 6.01. The Labute approximate surface area is 151 Å². The van der Waals surface area contributed by atoms with E-state index in [1.165, 1.54) is 0 Å². The lowest BCUT2D eigenvalue weighted by Gasteiger charge is -2.50. The lowest BCUT2D eigenvalue weighted by molar-refractivity contribution is 0.0606. The third-order valence-electron chi connectivity index (χ3n) is 5.46. The Balaban J connectivity index is 1.55. The summed E-state index contributed by atoms with van der Waals surface area (Å²) in [7, 11) is 1.94.